The molecule has 0 aliphatic carbocycles. The van der Waals surface area contributed by atoms with Crippen LogP contribution in [-0.4, -0.2) is 41.1 Å². The Hall–Kier alpha value is -1.46. The Morgan fingerprint density at radius 2 is 1.76 bits per heavy atom. The molecule has 2 N–H and O–H groups in total. The lowest BCUT2D eigenvalue weighted by Crippen LogP contribution is -2.45. The van der Waals surface area contributed by atoms with Gasteiger partial charge in [-0.25, -0.2) is 4.39 Å². The van der Waals surface area contributed by atoms with Gasteiger partial charge in [0, 0.05) is 6.54 Å². The molecule has 0 fully saturated rings. The van der Waals surface area contributed by atoms with Crippen LogP contribution < -0.4 is 5.32 Å². The SMILES string of the molecule is CCN(CC(=O)NC(CC(C)(C)C)c1ccc(F)cc1)CC(C)(C)O. The largest absolute Gasteiger partial charge is 0.389 e. The molecule has 142 valence electrons. The number of amides is 1. The molecule has 0 bridgehead atoms. The summed E-state index contributed by atoms with van der Waals surface area (Å²) < 4.78 is 13.2. The van der Waals surface area contributed by atoms with Gasteiger partial charge in [-0.2, -0.15) is 0 Å². The first-order valence-corrected chi connectivity index (χ1v) is 8.89. The Balaban J connectivity index is 2.82. The lowest BCUT2D eigenvalue weighted by atomic mass is 9.85. The number of hydrogen-bond donors (Lipinski definition) is 2. The van der Waals surface area contributed by atoms with Crippen molar-refractivity contribution in [3.63, 3.8) is 0 Å². The molecule has 4 nitrogen and oxygen atoms in total. The van der Waals surface area contributed by atoms with Crippen molar-refractivity contribution < 1.29 is 14.3 Å². The molecule has 0 saturated heterocycles. The van der Waals surface area contributed by atoms with Crippen LogP contribution in [0.5, 0.6) is 0 Å². The minimum atomic E-state index is -0.849. The summed E-state index contributed by atoms with van der Waals surface area (Å²) in [6.45, 7) is 13.1. The van der Waals surface area contributed by atoms with Gasteiger partial charge in [-0.05, 0) is 49.9 Å². The molecule has 1 amide bonds. The Morgan fingerprint density at radius 3 is 2.20 bits per heavy atom. The highest BCUT2D eigenvalue weighted by Crippen LogP contribution is 2.29. The van der Waals surface area contributed by atoms with E-state index in [-0.39, 0.29) is 29.7 Å². The highest BCUT2D eigenvalue weighted by Gasteiger charge is 2.24. The number of nitrogens with one attached hydrogen (secondary N) is 1. The number of rotatable bonds is 8. The summed E-state index contributed by atoms with van der Waals surface area (Å²) in [4.78, 5) is 14.4. The van der Waals surface area contributed by atoms with E-state index in [4.69, 9.17) is 0 Å². The Kier molecular flexibility index (Phi) is 7.57. The molecular weight excluding hydrogens is 319 g/mol. The smallest absolute Gasteiger partial charge is 0.234 e. The predicted octanol–water partition coefficient (Wildman–Crippen LogP) is 3.51. The fraction of sp³-hybridized carbons (Fsp3) is 0.650. The standard InChI is InChI=1S/C20H33FN2O2/c1-7-23(14-20(5,6)25)13-18(24)22-17(12-19(2,3)4)15-8-10-16(21)11-9-15/h8-11,17,25H,7,12-14H2,1-6H3,(H,22,24). The van der Waals surface area contributed by atoms with Gasteiger partial charge in [0.15, 0.2) is 0 Å². The first-order chi connectivity index (χ1) is 11.4. The number of aliphatic hydroxyl groups is 1. The van der Waals surface area contributed by atoms with Crippen LogP contribution in [-0.2, 0) is 4.79 Å². The molecule has 0 radical (unpaired) electrons. The number of benzene rings is 1. The lowest BCUT2D eigenvalue weighted by Gasteiger charge is -2.30. The topological polar surface area (TPSA) is 52.6 Å². The van der Waals surface area contributed by atoms with E-state index in [1.54, 1.807) is 26.0 Å². The van der Waals surface area contributed by atoms with Gasteiger partial charge >= 0.3 is 0 Å². The molecule has 5 heteroatoms. The zero-order chi connectivity index (χ0) is 19.3. The van der Waals surface area contributed by atoms with E-state index in [2.05, 4.69) is 26.1 Å². The number of carbonyl (C=O) groups excluding carboxylic acids is 1. The van der Waals surface area contributed by atoms with E-state index in [0.29, 0.717) is 13.1 Å². The van der Waals surface area contributed by atoms with Gasteiger partial charge < -0.3 is 10.4 Å². The van der Waals surface area contributed by atoms with Crippen molar-refractivity contribution in [1.82, 2.24) is 10.2 Å². The third-order valence-electron chi connectivity index (χ3n) is 3.85. The van der Waals surface area contributed by atoms with Gasteiger partial charge in [-0.1, -0.05) is 39.8 Å². The molecule has 1 unspecified atom stereocenters. The summed E-state index contributed by atoms with van der Waals surface area (Å²) in [5.41, 5.74) is 0.0669. The van der Waals surface area contributed by atoms with Crippen LogP contribution in [0.4, 0.5) is 4.39 Å². The summed E-state index contributed by atoms with van der Waals surface area (Å²) in [6.07, 6.45) is 0.752. The Bertz CT molecular complexity index is 544. The van der Waals surface area contributed by atoms with E-state index in [1.165, 1.54) is 12.1 Å². The number of carbonyl (C=O) groups is 1. The van der Waals surface area contributed by atoms with Crippen LogP contribution >= 0.6 is 0 Å². The van der Waals surface area contributed by atoms with Crippen LogP contribution in [0.2, 0.25) is 0 Å². The first-order valence-electron chi connectivity index (χ1n) is 8.89. The maximum absolute atomic E-state index is 13.2. The molecule has 1 rings (SSSR count). The Labute approximate surface area is 151 Å². The molecular formula is C20H33FN2O2. The minimum Gasteiger partial charge on any atom is -0.389 e. The third kappa shape index (κ3) is 8.98. The monoisotopic (exact) mass is 352 g/mol. The molecule has 25 heavy (non-hydrogen) atoms. The molecule has 0 spiro atoms. The summed E-state index contributed by atoms with van der Waals surface area (Å²) in [5.74, 6) is -0.378. The summed E-state index contributed by atoms with van der Waals surface area (Å²) >= 11 is 0. The molecule has 0 aliphatic rings. The summed E-state index contributed by atoms with van der Waals surface area (Å²) in [5, 5.41) is 13.0. The lowest BCUT2D eigenvalue weighted by molar-refractivity contribution is -0.123. The van der Waals surface area contributed by atoms with E-state index < -0.39 is 5.60 Å². The number of hydrogen-bond acceptors (Lipinski definition) is 3. The number of nitrogens with zero attached hydrogens (tertiary/aromatic N) is 1. The molecule has 0 heterocycles. The Morgan fingerprint density at radius 1 is 1.20 bits per heavy atom. The van der Waals surface area contributed by atoms with Gasteiger partial charge in [0.25, 0.3) is 0 Å². The molecule has 0 aliphatic heterocycles. The van der Waals surface area contributed by atoms with E-state index >= 15 is 0 Å². The number of likely N-dealkylation sites (N-methyl/N-ethyl adjacent to an activating group) is 1. The minimum absolute atomic E-state index is 0.0177. The van der Waals surface area contributed by atoms with Crippen molar-refractivity contribution in [3.8, 4) is 0 Å². The average molecular weight is 352 g/mol. The van der Waals surface area contributed by atoms with E-state index in [0.717, 1.165) is 12.0 Å². The molecule has 1 aromatic carbocycles. The molecule has 0 aromatic heterocycles. The average Bonchev–Trinajstić information content (AvgIpc) is 2.43. The van der Waals surface area contributed by atoms with Crippen molar-refractivity contribution in [2.24, 2.45) is 5.41 Å². The van der Waals surface area contributed by atoms with Crippen molar-refractivity contribution in [2.45, 2.75) is 59.6 Å². The fourth-order valence-electron chi connectivity index (χ4n) is 2.83. The maximum atomic E-state index is 13.2. The predicted molar refractivity (Wildman–Crippen MR) is 99.8 cm³/mol. The number of halogens is 1. The van der Waals surface area contributed by atoms with Gasteiger partial charge in [-0.15, -0.1) is 0 Å². The van der Waals surface area contributed by atoms with Gasteiger partial charge in [0.2, 0.25) is 5.91 Å². The fourth-order valence-corrected chi connectivity index (χ4v) is 2.83. The normalized spacial score (nSPS) is 13.8. The quantitative estimate of drug-likeness (QED) is 0.753. The van der Waals surface area contributed by atoms with Crippen LogP contribution in [0.15, 0.2) is 24.3 Å². The van der Waals surface area contributed by atoms with Crippen LogP contribution in [0, 0.1) is 11.2 Å². The summed E-state index contributed by atoms with van der Waals surface area (Å²) in [7, 11) is 0. The second kappa shape index (κ2) is 8.77. The first kappa shape index (κ1) is 21.6. The maximum Gasteiger partial charge on any atom is 0.234 e. The van der Waals surface area contributed by atoms with Crippen LogP contribution in [0.1, 0.15) is 59.6 Å². The van der Waals surface area contributed by atoms with E-state index in [1.807, 2.05) is 11.8 Å². The second-order valence-electron chi connectivity index (χ2n) is 8.55. The highest BCUT2D eigenvalue weighted by atomic mass is 19.1. The zero-order valence-electron chi connectivity index (χ0n) is 16.4. The van der Waals surface area contributed by atoms with Crippen molar-refractivity contribution in [1.29, 1.82) is 0 Å². The highest BCUT2D eigenvalue weighted by molar-refractivity contribution is 5.78. The van der Waals surface area contributed by atoms with Crippen molar-refractivity contribution in [3.05, 3.63) is 35.6 Å². The van der Waals surface area contributed by atoms with Gasteiger partial charge in [0.05, 0.1) is 18.2 Å². The van der Waals surface area contributed by atoms with Crippen LogP contribution in [0.25, 0.3) is 0 Å². The van der Waals surface area contributed by atoms with Gasteiger partial charge in [-0.3, -0.25) is 9.69 Å². The summed E-state index contributed by atoms with van der Waals surface area (Å²) in [6, 6.07) is 6.11. The zero-order valence-corrected chi connectivity index (χ0v) is 16.4. The van der Waals surface area contributed by atoms with E-state index in [9.17, 15) is 14.3 Å². The van der Waals surface area contributed by atoms with Gasteiger partial charge in [0.1, 0.15) is 5.82 Å². The van der Waals surface area contributed by atoms with Crippen molar-refractivity contribution >= 4 is 5.91 Å². The molecule has 0 saturated carbocycles. The molecule has 1 atom stereocenters. The van der Waals surface area contributed by atoms with Crippen LogP contribution in [0.3, 0.4) is 0 Å². The molecule has 1 aromatic rings. The second-order valence-corrected chi connectivity index (χ2v) is 8.55. The third-order valence-corrected chi connectivity index (χ3v) is 3.85. The van der Waals surface area contributed by atoms with Crippen molar-refractivity contribution in [2.75, 3.05) is 19.6 Å².